The molecule has 1 atom stereocenters. The summed E-state index contributed by atoms with van der Waals surface area (Å²) < 4.78 is 46.9. The summed E-state index contributed by atoms with van der Waals surface area (Å²) in [5.41, 5.74) is -0.503. The highest BCUT2D eigenvalue weighted by atomic mass is 19.4. The lowest BCUT2D eigenvalue weighted by atomic mass is 10.0. The summed E-state index contributed by atoms with van der Waals surface area (Å²) in [4.78, 5) is 26.4. The van der Waals surface area contributed by atoms with Gasteiger partial charge < -0.3 is 14.8 Å². The molecule has 1 N–H and O–H groups in total. The second-order valence-electron chi connectivity index (χ2n) is 7.56. The first kappa shape index (κ1) is 21.8. The van der Waals surface area contributed by atoms with Gasteiger partial charge in [-0.2, -0.15) is 0 Å². The molecule has 2 rings (SSSR count). The van der Waals surface area contributed by atoms with Crippen LogP contribution in [0, 0.1) is 0 Å². The van der Waals surface area contributed by atoms with Crippen molar-refractivity contribution in [3.05, 3.63) is 29.8 Å². The zero-order valence-electron chi connectivity index (χ0n) is 16.1. The van der Waals surface area contributed by atoms with Gasteiger partial charge in [0, 0.05) is 18.7 Å². The smallest absolute Gasteiger partial charge is 0.444 e. The highest BCUT2D eigenvalue weighted by Gasteiger charge is 2.35. The van der Waals surface area contributed by atoms with Crippen LogP contribution >= 0.6 is 0 Å². The monoisotopic (exact) mass is 402 g/mol. The van der Waals surface area contributed by atoms with E-state index in [4.69, 9.17) is 4.74 Å². The Labute approximate surface area is 162 Å². The van der Waals surface area contributed by atoms with Crippen molar-refractivity contribution in [2.75, 3.05) is 6.54 Å². The summed E-state index contributed by atoms with van der Waals surface area (Å²) in [6, 6.07) is 4.87. The van der Waals surface area contributed by atoms with Crippen LogP contribution < -0.4 is 10.1 Å². The fraction of sp³-hybridized carbons (Fsp3) is 0.579. The maximum atomic E-state index is 12.6. The fourth-order valence-corrected chi connectivity index (χ4v) is 2.92. The van der Waals surface area contributed by atoms with Crippen molar-refractivity contribution in [2.45, 2.75) is 64.6 Å². The number of alkyl halides is 3. The van der Waals surface area contributed by atoms with Crippen molar-refractivity contribution < 1.29 is 32.2 Å². The molecule has 9 heteroatoms. The largest absolute Gasteiger partial charge is 0.573 e. The lowest BCUT2D eigenvalue weighted by Gasteiger charge is -2.35. The highest BCUT2D eigenvalue weighted by molar-refractivity contribution is 5.86. The van der Waals surface area contributed by atoms with E-state index < -0.39 is 30.0 Å². The van der Waals surface area contributed by atoms with E-state index in [1.165, 1.54) is 23.1 Å². The van der Waals surface area contributed by atoms with Gasteiger partial charge in [-0.05, 0) is 46.1 Å². The number of halogens is 3. The van der Waals surface area contributed by atoms with Crippen LogP contribution in [-0.2, 0) is 16.1 Å². The minimum Gasteiger partial charge on any atom is -0.444 e. The van der Waals surface area contributed by atoms with Gasteiger partial charge in [0.1, 0.15) is 17.4 Å². The molecule has 0 spiro atoms. The first-order valence-corrected chi connectivity index (χ1v) is 9.07. The van der Waals surface area contributed by atoms with Crippen molar-refractivity contribution >= 4 is 12.0 Å². The van der Waals surface area contributed by atoms with Crippen LogP contribution in [-0.4, -0.2) is 41.5 Å². The number of nitrogens with zero attached hydrogens (tertiary/aromatic N) is 1. The number of hydrogen-bond acceptors (Lipinski definition) is 4. The van der Waals surface area contributed by atoms with Crippen LogP contribution in [0.3, 0.4) is 0 Å². The van der Waals surface area contributed by atoms with Gasteiger partial charge in [-0.1, -0.05) is 18.2 Å². The van der Waals surface area contributed by atoms with Crippen LogP contribution in [0.5, 0.6) is 5.75 Å². The van der Waals surface area contributed by atoms with E-state index in [1.807, 2.05) is 0 Å². The molecule has 6 nitrogen and oxygen atoms in total. The van der Waals surface area contributed by atoms with Crippen molar-refractivity contribution in [3.63, 3.8) is 0 Å². The van der Waals surface area contributed by atoms with Gasteiger partial charge in [0.05, 0.1) is 0 Å². The predicted molar refractivity (Wildman–Crippen MR) is 95.6 cm³/mol. The summed E-state index contributed by atoms with van der Waals surface area (Å²) in [7, 11) is 0. The van der Waals surface area contributed by atoms with Gasteiger partial charge >= 0.3 is 12.5 Å². The van der Waals surface area contributed by atoms with E-state index in [0.29, 0.717) is 13.0 Å². The van der Waals surface area contributed by atoms with Crippen LogP contribution in [0.1, 0.15) is 45.6 Å². The van der Waals surface area contributed by atoms with Crippen LogP contribution in [0.2, 0.25) is 0 Å². The summed E-state index contributed by atoms with van der Waals surface area (Å²) in [5, 5.41) is 2.61. The van der Waals surface area contributed by atoms with Gasteiger partial charge in [0.25, 0.3) is 0 Å². The third-order valence-corrected chi connectivity index (χ3v) is 4.08. The van der Waals surface area contributed by atoms with E-state index in [2.05, 4.69) is 10.1 Å². The van der Waals surface area contributed by atoms with Gasteiger partial charge in [0.2, 0.25) is 5.91 Å². The average Bonchev–Trinajstić information content (AvgIpc) is 2.58. The Bertz CT molecular complexity index is 701. The Morgan fingerprint density at radius 2 is 1.86 bits per heavy atom. The molecule has 1 aliphatic rings. The number of piperidine rings is 1. The summed E-state index contributed by atoms with van der Waals surface area (Å²) >= 11 is 0. The average molecular weight is 402 g/mol. The normalized spacial score (nSPS) is 17.8. The molecule has 0 bridgehead atoms. The number of benzene rings is 1. The fourth-order valence-electron chi connectivity index (χ4n) is 2.92. The van der Waals surface area contributed by atoms with E-state index in [1.54, 1.807) is 26.8 Å². The van der Waals surface area contributed by atoms with Crippen LogP contribution in [0.4, 0.5) is 18.0 Å². The molecular formula is C19H25F3N2O4. The summed E-state index contributed by atoms with van der Waals surface area (Å²) in [6.45, 7) is 5.45. The van der Waals surface area contributed by atoms with Crippen LogP contribution in [0.25, 0.3) is 0 Å². The Morgan fingerprint density at radius 3 is 2.50 bits per heavy atom. The second kappa shape index (κ2) is 8.70. The van der Waals surface area contributed by atoms with Crippen molar-refractivity contribution in [1.29, 1.82) is 0 Å². The molecule has 2 amide bonds. The first-order chi connectivity index (χ1) is 13.0. The minimum absolute atomic E-state index is 0.149. The van der Waals surface area contributed by atoms with Gasteiger partial charge in [-0.15, -0.1) is 13.2 Å². The molecule has 156 valence electrons. The molecule has 1 unspecified atom stereocenters. The number of para-hydroxylation sites is 1. The zero-order chi connectivity index (χ0) is 20.9. The topological polar surface area (TPSA) is 67.9 Å². The first-order valence-electron chi connectivity index (χ1n) is 9.07. The van der Waals surface area contributed by atoms with E-state index >= 15 is 0 Å². The number of carbonyl (C=O) groups excluding carboxylic acids is 2. The van der Waals surface area contributed by atoms with E-state index in [9.17, 15) is 22.8 Å². The number of ether oxygens (including phenoxy) is 2. The molecule has 28 heavy (non-hydrogen) atoms. The SMILES string of the molecule is CC(C)(C)OC(=O)N1CCCCC1C(=O)NCc1ccccc1OC(F)(F)F. The quantitative estimate of drug-likeness (QED) is 0.827. The molecule has 1 aromatic rings. The van der Waals surface area contributed by atoms with E-state index in [-0.39, 0.29) is 17.9 Å². The molecule has 0 aliphatic carbocycles. The third-order valence-electron chi connectivity index (χ3n) is 4.08. The van der Waals surface area contributed by atoms with E-state index in [0.717, 1.165) is 12.8 Å². The number of nitrogens with one attached hydrogen (secondary N) is 1. The molecule has 1 heterocycles. The molecule has 1 aliphatic heterocycles. The van der Waals surface area contributed by atoms with Crippen molar-refractivity contribution in [2.24, 2.45) is 0 Å². The Hall–Kier alpha value is -2.45. The summed E-state index contributed by atoms with van der Waals surface area (Å²) in [5.74, 6) is -0.810. The summed E-state index contributed by atoms with van der Waals surface area (Å²) in [6.07, 6.45) is -3.41. The maximum absolute atomic E-state index is 12.6. The number of hydrogen-bond donors (Lipinski definition) is 1. The Morgan fingerprint density at radius 1 is 1.18 bits per heavy atom. The molecule has 1 saturated heterocycles. The molecule has 0 aromatic heterocycles. The Balaban J connectivity index is 2.04. The van der Waals surface area contributed by atoms with Gasteiger partial charge in [-0.25, -0.2) is 4.79 Å². The van der Waals surface area contributed by atoms with Crippen LogP contribution in [0.15, 0.2) is 24.3 Å². The predicted octanol–water partition coefficient (Wildman–Crippen LogP) is 3.99. The highest BCUT2D eigenvalue weighted by Crippen LogP contribution is 2.26. The maximum Gasteiger partial charge on any atom is 0.573 e. The lowest BCUT2D eigenvalue weighted by Crippen LogP contribution is -2.53. The van der Waals surface area contributed by atoms with Crippen molar-refractivity contribution in [3.8, 4) is 5.75 Å². The number of rotatable bonds is 4. The molecule has 0 radical (unpaired) electrons. The molecule has 0 saturated carbocycles. The number of carbonyl (C=O) groups is 2. The lowest BCUT2D eigenvalue weighted by molar-refractivity contribution is -0.274. The van der Waals surface area contributed by atoms with Gasteiger partial charge in [0.15, 0.2) is 0 Å². The third kappa shape index (κ3) is 6.61. The molecule has 1 fully saturated rings. The number of amides is 2. The van der Waals surface area contributed by atoms with Gasteiger partial charge in [-0.3, -0.25) is 9.69 Å². The number of likely N-dealkylation sites (tertiary alicyclic amines) is 1. The zero-order valence-corrected chi connectivity index (χ0v) is 16.1. The second-order valence-corrected chi connectivity index (χ2v) is 7.56. The molecule has 1 aromatic carbocycles. The Kier molecular flexibility index (Phi) is 6.79. The molecular weight excluding hydrogens is 377 g/mol. The minimum atomic E-state index is -4.82. The van der Waals surface area contributed by atoms with Crippen molar-refractivity contribution in [1.82, 2.24) is 10.2 Å². The standard InChI is InChI=1S/C19H25F3N2O4/c1-18(2,3)28-17(26)24-11-7-6-9-14(24)16(25)23-12-13-8-4-5-10-15(13)27-19(20,21)22/h4-5,8,10,14H,6-7,9,11-12H2,1-3H3,(H,23,25).